The predicted octanol–water partition coefficient (Wildman–Crippen LogP) is 2.09. The summed E-state index contributed by atoms with van der Waals surface area (Å²) in [6, 6.07) is 12.1. The number of pyridine rings is 1. The molecule has 2 heterocycles. The normalized spacial score (nSPS) is 10.4. The van der Waals surface area contributed by atoms with Crippen LogP contribution in [0.15, 0.2) is 53.5 Å². The highest BCUT2D eigenvalue weighted by molar-refractivity contribution is 5.69. The highest BCUT2D eigenvalue weighted by Crippen LogP contribution is 2.27. The number of anilines is 1. The number of nitrogens with zero attached hydrogens (tertiary/aromatic N) is 2. The first-order valence-electron chi connectivity index (χ1n) is 6.64. The summed E-state index contributed by atoms with van der Waals surface area (Å²) in [7, 11) is 1.55. The molecule has 1 aromatic carbocycles. The lowest BCUT2D eigenvalue weighted by molar-refractivity contribution is 0.417. The van der Waals surface area contributed by atoms with Crippen molar-refractivity contribution in [2.75, 3.05) is 12.8 Å². The second kappa shape index (κ2) is 5.69. The number of rotatable bonds is 3. The first-order chi connectivity index (χ1) is 10.7. The number of methoxy groups -OCH3 is 1. The highest BCUT2D eigenvalue weighted by atomic mass is 16.5. The van der Waals surface area contributed by atoms with Crippen molar-refractivity contribution in [2.24, 2.45) is 0 Å². The summed E-state index contributed by atoms with van der Waals surface area (Å²) in [5, 5.41) is 0. The second-order valence-corrected chi connectivity index (χ2v) is 4.65. The Kier molecular flexibility index (Phi) is 3.57. The lowest BCUT2D eigenvalue weighted by atomic mass is 10.1. The number of ether oxygens (including phenoxy) is 1. The van der Waals surface area contributed by atoms with Crippen LogP contribution >= 0.6 is 0 Å². The maximum absolute atomic E-state index is 11.9. The summed E-state index contributed by atoms with van der Waals surface area (Å²) in [6.45, 7) is 0. The molecule has 0 amide bonds. The van der Waals surface area contributed by atoms with Crippen molar-refractivity contribution in [3.63, 3.8) is 0 Å². The molecule has 22 heavy (non-hydrogen) atoms. The Bertz CT molecular complexity index is 860. The maximum Gasteiger partial charge on any atom is 0.251 e. The minimum atomic E-state index is -0.250. The van der Waals surface area contributed by atoms with E-state index in [1.54, 1.807) is 43.6 Å². The van der Waals surface area contributed by atoms with Gasteiger partial charge < -0.3 is 15.5 Å². The van der Waals surface area contributed by atoms with E-state index in [-0.39, 0.29) is 5.56 Å². The quantitative estimate of drug-likeness (QED) is 0.721. The Morgan fingerprint density at radius 1 is 1.14 bits per heavy atom. The van der Waals surface area contributed by atoms with Crippen molar-refractivity contribution in [3.05, 3.63) is 59.0 Å². The van der Waals surface area contributed by atoms with Crippen LogP contribution in [0, 0.1) is 0 Å². The third-order valence-corrected chi connectivity index (χ3v) is 3.17. The van der Waals surface area contributed by atoms with Crippen LogP contribution in [0.3, 0.4) is 0 Å². The van der Waals surface area contributed by atoms with Crippen LogP contribution in [0.2, 0.25) is 0 Å². The van der Waals surface area contributed by atoms with E-state index in [4.69, 9.17) is 10.5 Å². The molecule has 0 aliphatic carbocycles. The lowest BCUT2D eigenvalue weighted by Crippen LogP contribution is -2.09. The monoisotopic (exact) mass is 294 g/mol. The molecule has 0 bridgehead atoms. The van der Waals surface area contributed by atoms with Crippen molar-refractivity contribution in [1.82, 2.24) is 15.0 Å². The van der Waals surface area contributed by atoms with E-state index in [0.717, 1.165) is 5.56 Å². The standard InChI is InChI=1S/C16H14N4O2/c1-22-14-6-5-10(8-11(14)17)13-9-15(21)20-16(19-13)12-4-2-3-7-18-12/h2-9H,17H2,1H3,(H,19,20,21). The zero-order chi connectivity index (χ0) is 15.5. The number of aromatic amines is 1. The maximum atomic E-state index is 11.9. The minimum Gasteiger partial charge on any atom is -0.495 e. The molecule has 0 atom stereocenters. The van der Waals surface area contributed by atoms with Crippen LogP contribution in [-0.2, 0) is 0 Å². The van der Waals surface area contributed by atoms with Crippen molar-refractivity contribution in [1.29, 1.82) is 0 Å². The zero-order valence-corrected chi connectivity index (χ0v) is 11.9. The summed E-state index contributed by atoms with van der Waals surface area (Å²) in [5.74, 6) is 0.996. The summed E-state index contributed by atoms with van der Waals surface area (Å²) in [5.41, 5.74) is 8.01. The number of benzene rings is 1. The first-order valence-corrected chi connectivity index (χ1v) is 6.64. The summed E-state index contributed by atoms with van der Waals surface area (Å²) in [4.78, 5) is 23.2. The van der Waals surface area contributed by atoms with E-state index in [1.165, 1.54) is 6.07 Å². The summed E-state index contributed by atoms with van der Waals surface area (Å²) >= 11 is 0. The van der Waals surface area contributed by atoms with E-state index in [9.17, 15) is 4.79 Å². The molecule has 110 valence electrons. The third-order valence-electron chi connectivity index (χ3n) is 3.17. The molecular formula is C16H14N4O2. The van der Waals surface area contributed by atoms with Gasteiger partial charge in [0, 0.05) is 17.8 Å². The Balaban J connectivity index is 2.10. The molecule has 0 spiro atoms. The summed E-state index contributed by atoms with van der Waals surface area (Å²) in [6.07, 6.45) is 1.65. The average molecular weight is 294 g/mol. The molecular weight excluding hydrogens is 280 g/mol. The largest absolute Gasteiger partial charge is 0.495 e. The van der Waals surface area contributed by atoms with E-state index in [1.807, 2.05) is 6.07 Å². The Hall–Kier alpha value is -3.15. The molecule has 0 aliphatic heterocycles. The van der Waals surface area contributed by atoms with E-state index < -0.39 is 0 Å². The van der Waals surface area contributed by atoms with Crippen LogP contribution in [0.5, 0.6) is 5.75 Å². The van der Waals surface area contributed by atoms with Crippen molar-refractivity contribution < 1.29 is 4.74 Å². The van der Waals surface area contributed by atoms with Gasteiger partial charge in [0.1, 0.15) is 11.4 Å². The fraction of sp³-hybridized carbons (Fsp3) is 0.0625. The average Bonchev–Trinajstić information content (AvgIpc) is 2.55. The first kappa shape index (κ1) is 13.8. The summed E-state index contributed by atoms with van der Waals surface area (Å²) < 4.78 is 5.13. The Morgan fingerprint density at radius 2 is 2.00 bits per heavy atom. The predicted molar refractivity (Wildman–Crippen MR) is 84.5 cm³/mol. The van der Waals surface area contributed by atoms with Crippen LogP contribution < -0.4 is 16.0 Å². The lowest BCUT2D eigenvalue weighted by Gasteiger charge is -2.08. The molecule has 3 rings (SSSR count). The Morgan fingerprint density at radius 3 is 2.68 bits per heavy atom. The van der Waals surface area contributed by atoms with Gasteiger partial charge in [0.25, 0.3) is 5.56 Å². The van der Waals surface area contributed by atoms with E-state index in [2.05, 4.69) is 15.0 Å². The number of nitrogens with one attached hydrogen (secondary N) is 1. The van der Waals surface area contributed by atoms with Gasteiger partial charge in [-0.1, -0.05) is 6.07 Å². The number of hydrogen-bond acceptors (Lipinski definition) is 5. The van der Waals surface area contributed by atoms with Gasteiger partial charge in [0.2, 0.25) is 0 Å². The van der Waals surface area contributed by atoms with Gasteiger partial charge in [-0.25, -0.2) is 4.98 Å². The van der Waals surface area contributed by atoms with Crippen LogP contribution in [-0.4, -0.2) is 22.1 Å². The molecule has 3 aromatic rings. The number of nitrogens with two attached hydrogens (primary N) is 1. The van der Waals surface area contributed by atoms with Gasteiger partial charge in [-0.15, -0.1) is 0 Å². The molecule has 2 aromatic heterocycles. The van der Waals surface area contributed by atoms with Gasteiger partial charge in [-0.3, -0.25) is 9.78 Å². The van der Waals surface area contributed by atoms with Gasteiger partial charge in [-0.05, 0) is 30.3 Å². The number of nitrogen functional groups attached to an aromatic ring is 1. The number of H-pyrrole nitrogens is 1. The molecule has 0 unspecified atom stereocenters. The molecule has 6 heteroatoms. The molecule has 0 radical (unpaired) electrons. The van der Waals surface area contributed by atoms with Gasteiger partial charge in [-0.2, -0.15) is 0 Å². The Labute approximate surface area is 126 Å². The fourth-order valence-corrected chi connectivity index (χ4v) is 2.12. The van der Waals surface area contributed by atoms with Gasteiger partial charge in [0.05, 0.1) is 18.5 Å². The van der Waals surface area contributed by atoms with Crippen LogP contribution in [0.25, 0.3) is 22.8 Å². The van der Waals surface area contributed by atoms with Gasteiger partial charge >= 0.3 is 0 Å². The molecule has 3 N–H and O–H groups in total. The topological polar surface area (TPSA) is 93.9 Å². The van der Waals surface area contributed by atoms with Crippen LogP contribution in [0.4, 0.5) is 5.69 Å². The van der Waals surface area contributed by atoms with E-state index >= 15 is 0 Å². The fourth-order valence-electron chi connectivity index (χ4n) is 2.12. The van der Waals surface area contributed by atoms with Gasteiger partial charge in [0.15, 0.2) is 5.82 Å². The van der Waals surface area contributed by atoms with Crippen LogP contribution in [0.1, 0.15) is 0 Å². The number of aromatic nitrogens is 3. The smallest absolute Gasteiger partial charge is 0.251 e. The van der Waals surface area contributed by atoms with Crippen molar-refractivity contribution >= 4 is 5.69 Å². The van der Waals surface area contributed by atoms with Crippen molar-refractivity contribution in [2.45, 2.75) is 0 Å². The molecule has 0 aliphatic rings. The van der Waals surface area contributed by atoms with Crippen molar-refractivity contribution in [3.8, 4) is 28.5 Å². The zero-order valence-electron chi connectivity index (χ0n) is 11.9. The molecule has 0 saturated heterocycles. The highest BCUT2D eigenvalue weighted by Gasteiger charge is 2.08. The second-order valence-electron chi connectivity index (χ2n) is 4.65. The number of hydrogen-bond donors (Lipinski definition) is 2. The minimum absolute atomic E-state index is 0.250. The van der Waals surface area contributed by atoms with E-state index in [0.29, 0.717) is 28.6 Å². The molecule has 6 nitrogen and oxygen atoms in total. The SMILES string of the molecule is COc1ccc(-c2cc(=O)[nH]c(-c3ccccn3)n2)cc1N. The molecule has 0 fully saturated rings. The third kappa shape index (κ3) is 2.67. The molecule has 0 saturated carbocycles.